The lowest BCUT2D eigenvalue weighted by Crippen LogP contribution is -2.29. The highest BCUT2D eigenvalue weighted by Gasteiger charge is 2.42. The number of benzene rings is 1. The molecule has 6 heteroatoms. The Balaban J connectivity index is 1.67. The summed E-state index contributed by atoms with van der Waals surface area (Å²) in [6.45, 7) is 7.34. The van der Waals surface area contributed by atoms with E-state index in [-0.39, 0.29) is 12.1 Å². The summed E-state index contributed by atoms with van der Waals surface area (Å²) < 4.78 is 2.35. The Labute approximate surface area is 200 Å². The van der Waals surface area contributed by atoms with Gasteiger partial charge in [0.1, 0.15) is 0 Å². The van der Waals surface area contributed by atoms with Gasteiger partial charge in [0.05, 0.1) is 17.8 Å². The Morgan fingerprint density at radius 3 is 2.30 bits per heavy atom. The Bertz CT molecular complexity index is 1270. The Morgan fingerprint density at radius 2 is 1.61 bits per heavy atom. The van der Waals surface area contributed by atoms with Crippen molar-refractivity contribution in [3.8, 4) is 5.69 Å². The van der Waals surface area contributed by atoms with Crippen molar-refractivity contribution < 1.29 is 0 Å². The summed E-state index contributed by atoms with van der Waals surface area (Å²) in [5.41, 5.74) is 8.40. The van der Waals surface area contributed by atoms with E-state index < -0.39 is 0 Å². The monoisotopic (exact) mass is 453 g/mol. The van der Waals surface area contributed by atoms with Gasteiger partial charge in [-0.2, -0.15) is 0 Å². The first-order chi connectivity index (χ1) is 16.1. The summed E-state index contributed by atoms with van der Waals surface area (Å²) >= 11 is 5.88. The molecule has 1 aliphatic rings. The fraction of sp³-hybridized carbons (Fsp3) is 0.222. The molecule has 1 aliphatic heterocycles. The number of rotatable bonds is 5. The minimum atomic E-state index is -0.0380. The molecule has 1 fully saturated rings. The molecule has 5 nitrogen and oxygen atoms in total. The van der Waals surface area contributed by atoms with Crippen molar-refractivity contribution in [3.05, 3.63) is 113 Å². The molecule has 3 aromatic heterocycles. The summed E-state index contributed by atoms with van der Waals surface area (Å²) in [5.74, 6) is 0. The minimum absolute atomic E-state index is 0.0178. The second-order valence-corrected chi connectivity index (χ2v) is 8.88. The van der Waals surface area contributed by atoms with Crippen LogP contribution in [0.5, 0.6) is 0 Å². The summed E-state index contributed by atoms with van der Waals surface area (Å²) in [5, 5.41) is 4.33. The van der Waals surface area contributed by atoms with Crippen molar-refractivity contribution in [1.82, 2.24) is 24.8 Å². The van der Waals surface area contributed by atoms with Crippen molar-refractivity contribution in [3.63, 3.8) is 0 Å². The average molecular weight is 454 g/mol. The van der Waals surface area contributed by atoms with Gasteiger partial charge in [0.15, 0.2) is 5.11 Å². The van der Waals surface area contributed by atoms with E-state index >= 15 is 0 Å². The number of hydrogen-bond donors (Lipinski definition) is 1. The molecule has 0 unspecified atom stereocenters. The van der Waals surface area contributed by atoms with E-state index in [1.165, 1.54) is 33.8 Å². The summed E-state index contributed by atoms with van der Waals surface area (Å²) in [4.78, 5) is 11.2. The number of hydrogen-bond acceptors (Lipinski definition) is 3. The third-order valence-electron chi connectivity index (χ3n) is 6.62. The van der Waals surface area contributed by atoms with Crippen LogP contribution >= 0.6 is 12.2 Å². The number of pyridine rings is 2. The normalized spacial score (nSPS) is 17.9. The van der Waals surface area contributed by atoms with Gasteiger partial charge in [0.2, 0.25) is 0 Å². The van der Waals surface area contributed by atoms with Gasteiger partial charge in [-0.15, -0.1) is 0 Å². The van der Waals surface area contributed by atoms with Crippen LogP contribution in [0.3, 0.4) is 0 Å². The molecule has 0 spiro atoms. The van der Waals surface area contributed by atoms with Crippen molar-refractivity contribution >= 4 is 17.3 Å². The third-order valence-corrected chi connectivity index (χ3v) is 6.97. The predicted molar refractivity (Wildman–Crippen MR) is 135 cm³/mol. The van der Waals surface area contributed by atoms with Gasteiger partial charge < -0.3 is 14.8 Å². The van der Waals surface area contributed by atoms with E-state index in [1.54, 1.807) is 0 Å². The topological polar surface area (TPSA) is 46.0 Å². The van der Waals surface area contributed by atoms with Crippen LogP contribution in [-0.4, -0.2) is 24.5 Å². The minimum Gasteiger partial charge on any atom is -0.352 e. The van der Waals surface area contributed by atoms with Gasteiger partial charge in [-0.3, -0.25) is 9.97 Å². The Morgan fingerprint density at radius 1 is 0.879 bits per heavy atom. The van der Waals surface area contributed by atoms with Crippen molar-refractivity contribution in [1.29, 1.82) is 0 Å². The third kappa shape index (κ3) is 3.80. The summed E-state index contributed by atoms with van der Waals surface area (Å²) in [6, 6.07) is 20.7. The molecule has 1 saturated heterocycles. The molecule has 4 heterocycles. The first kappa shape index (κ1) is 21.3. The molecule has 0 amide bonds. The maximum Gasteiger partial charge on any atom is 0.170 e. The van der Waals surface area contributed by atoms with Gasteiger partial charge in [0, 0.05) is 47.8 Å². The second kappa shape index (κ2) is 8.79. The lowest BCUT2D eigenvalue weighted by atomic mass is 9.93. The quantitative estimate of drug-likeness (QED) is 0.412. The van der Waals surface area contributed by atoms with Crippen LogP contribution in [0.15, 0.2) is 79.3 Å². The molecule has 0 bridgehead atoms. The highest BCUT2D eigenvalue weighted by molar-refractivity contribution is 7.80. The molecule has 0 radical (unpaired) electrons. The highest BCUT2D eigenvalue weighted by Crippen LogP contribution is 2.44. The lowest BCUT2D eigenvalue weighted by Gasteiger charge is -2.29. The van der Waals surface area contributed by atoms with Crippen LogP contribution < -0.4 is 5.32 Å². The lowest BCUT2D eigenvalue weighted by molar-refractivity contribution is 0.309. The molecule has 5 rings (SSSR count). The molecule has 166 valence electrons. The molecular weight excluding hydrogens is 426 g/mol. The molecule has 0 saturated carbocycles. The number of thiocarbonyl (C=S) groups is 1. The fourth-order valence-electron chi connectivity index (χ4n) is 4.98. The molecular formula is C27H27N5S. The standard InChI is InChI=1S/C27H27N5S/c1-18-19(2)32(22-9-5-4-6-10-22)20(3)24(18)26-25(23-11-7-8-14-29-23)30-27(33)31(26)17-21-12-15-28-16-13-21/h4-16,25-26H,17H2,1-3H3,(H,30,33)/t25-,26+/m0/s1. The SMILES string of the molecule is Cc1c([C@@H]2[C@H](c3ccccn3)NC(=S)N2Cc2ccncc2)c(C)n(-c2ccccc2)c1C. The van der Waals surface area contributed by atoms with E-state index in [9.17, 15) is 0 Å². The van der Waals surface area contributed by atoms with Crippen molar-refractivity contribution in [2.75, 3.05) is 0 Å². The fourth-order valence-corrected chi connectivity index (χ4v) is 5.29. The number of nitrogens with zero attached hydrogens (tertiary/aromatic N) is 4. The van der Waals surface area contributed by atoms with Crippen LogP contribution in [0, 0.1) is 20.8 Å². The first-order valence-corrected chi connectivity index (χ1v) is 11.6. The van der Waals surface area contributed by atoms with E-state index in [2.05, 4.69) is 76.9 Å². The molecule has 1 aromatic carbocycles. The van der Waals surface area contributed by atoms with Gasteiger partial charge in [-0.25, -0.2) is 0 Å². The average Bonchev–Trinajstić information content (AvgIpc) is 3.27. The van der Waals surface area contributed by atoms with Crippen molar-refractivity contribution in [2.24, 2.45) is 0 Å². The van der Waals surface area contributed by atoms with Gasteiger partial charge in [-0.1, -0.05) is 24.3 Å². The zero-order valence-electron chi connectivity index (χ0n) is 19.1. The molecule has 4 aromatic rings. The van der Waals surface area contributed by atoms with E-state index in [1.807, 2.05) is 42.9 Å². The maximum atomic E-state index is 5.88. The van der Waals surface area contributed by atoms with Gasteiger partial charge in [0.25, 0.3) is 0 Å². The second-order valence-electron chi connectivity index (χ2n) is 8.49. The summed E-state index contributed by atoms with van der Waals surface area (Å²) in [7, 11) is 0. The number of para-hydroxylation sites is 1. The number of aromatic nitrogens is 3. The van der Waals surface area contributed by atoms with E-state index in [0.29, 0.717) is 6.54 Å². The van der Waals surface area contributed by atoms with Crippen LogP contribution in [0.25, 0.3) is 5.69 Å². The first-order valence-electron chi connectivity index (χ1n) is 11.2. The van der Waals surface area contributed by atoms with Crippen LogP contribution in [-0.2, 0) is 6.54 Å². The molecule has 0 aliphatic carbocycles. The van der Waals surface area contributed by atoms with Crippen LogP contribution in [0.1, 0.15) is 45.9 Å². The Kier molecular flexibility index (Phi) is 5.68. The zero-order chi connectivity index (χ0) is 22.9. The van der Waals surface area contributed by atoms with Crippen LogP contribution in [0.2, 0.25) is 0 Å². The predicted octanol–water partition coefficient (Wildman–Crippen LogP) is 5.37. The molecule has 33 heavy (non-hydrogen) atoms. The van der Waals surface area contributed by atoms with E-state index in [0.717, 1.165) is 10.8 Å². The maximum absolute atomic E-state index is 5.88. The molecule has 1 N–H and O–H groups in total. The Hall–Kier alpha value is -3.51. The van der Waals surface area contributed by atoms with E-state index in [4.69, 9.17) is 17.2 Å². The van der Waals surface area contributed by atoms with Crippen LogP contribution in [0.4, 0.5) is 0 Å². The zero-order valence-corrected chi connectivity index (χ0v) is 19.9. The van der Waals surface area contributed by atoms with Gasteiger partial charge in [-0.05, 0) is 80.5 Å². The summed E-state index contributed by atoms with van der Waals surface area (Å²) in [6.07, 6.45) is 5.52. The molecule has 2 atom stereocenters. The highest BCUT2D eigenvalue weighted by atomic mass is 32.1. The van der Waals surface area contributed by atoms with Crippen molar-refractivity contribution in [2.45, 2.75) is 39.4 Å². The smallest absolute Gasteiger partial charge is 0.170 e. The number of nitrogens with one attached hydrogen (secondary N) is 1. The van der Waals surface area contributed by atoms with Gasteiger partial charge >= 0.3 is 0 Å². The largest absolute Gasteiger partial charge is 0.352 e.